The van der Waals surface area contributed by atoms with Gasteiger partial charge in [0, 0.05) is 31.3 Å². The fraction of sp³-hybridized carbons (Fsp3) is 0.375. The van der Waals surface area contributed by atoms with Crippen LogP contribution in [0, 0.1) is 0 Å². The molecular formula is C16H18N6. The zero-order valence-electron chi connectivity index (χ0n) is 12.3. The van der Waals surface area contributed by atoms with Crippen molar-refractivity contribution >= 4 is 17.0 Å². The van der Waals surface area contributed by atoms with Crippen molar-refractivity contribution in [2.45, 2.75) is 38.3 Å². The molecule has 0 unspecified atom stereocenters. The third-order valence-electron chi connectivity index (χ3n) is 4.18. The number of hydrogen-bond donors (Lipinski definition) is 1. The van der Waals surface area contributed by atoms with Gasteiger partial charge in [0.05, 0.1) is 11.4 Å². The van der Waals surface area contributed by atoms with E-state index >= 15 is 0 Å². The summed E-state index contributed by atoms with van der Waals surface area (Å²) in [6.45, 7) is 0.678. The van der Waals surface area contributed by atoms with Gasteiger partial charge >= 0.3 is 0 Å². The Balaban J connectivity index is 1.52. The van der Waals surface area contributed by atoms with Crippen molar-refractivity contribution in [2.24, 2.45) is 0 Å². The van der Waals surface area contributed by atoms with Crippen LogP contribution in [-0.4, -0.2) is 24.7 Å². The first kappa shape index (κ1) is 13.2. The molecule has 3 heterocycles. The smallest absolute Gasteiger partial charge is 0.225 e. The second-order valence-corrected chi connectivity index (χ2v) is 5.73. The van der Waals surface area contributed by atoms with E-state index in [4.69, 9.17) is 0 Å². The second kappa shape index (κ2) is 5.71. The van der Waals surface area contributed by atoms with E-state index in [-0.39, 0.29) is 0 Å². The highest BCUT2D eigenvalue weighted by molar-refractivity contribution is 5.73. The molecule has 0 aromatic carbocycles. The Kier molecular flexibility index (Phi) is 3.42. The van der Waals surface area contributed by atoms with E-state index in [2.05, 4.69) is 36.2 Å². The van der Waals surface area contributed by atoms with Gasteiger partial charge < -0.3 is 5.32 Å². The molecule has 4 rings (SSSR count). The van der Waals surface area contributed by atoms with Gasteiger partial charge in [-0.15, -0.1) is 0 Å². The highest BCUT2D eigenvalue weighted by Gasteiger charge is 2.18. The Bertz CT molecular complexity index is 761. The molecule has 1 aliphatic carbocycles. The Morgan fingerprint density at radius 3 is 2.82 bits per heavy atom. The molecule has 0 bridgehead atoms. The fourth-order valence-electron chi connectivity index (χ4n) is 2.96. The van der Waals surface area contributed by atoms with Gasteiger partial charge in [0.15, 0.2) is 5.65 Å². The molecule has 0 radical (unpaired) electrons. The minimum absolute atomic E-state index is 0.530. The zero-order chi connectivity index (χ0) is 14.8. The second-order valence-electron chi connectivity index (χ2n) is 5.73. The lowest BCUT2D eigenvalue weighted by atomic mass is 10.3. The van der Waals surface area contributed by atoms with Crippen LogP contribution in [0.1, 0.15) is 37.3 Å². The van der Waals surface area contributed by atoms with Gasteiger partial charge in [-0.3, -0.25) is 9.67 Å². The van der Waals surface area contributed by atoms with Crippen LogP contribution in [0.25, 0.3) is 11.0 Å². The van der Waals surface area contributed by atoms with E-state index in [1.165, 1.54) is 25.7 Å². The Morgan fingerprint density at radius 1 is 1.18 bits per heavy atom. The average Bonchev–Trinajstić information content (AvgIpc) is 3.22. The van der Waals surface area contributed by atoms with Crippen molar-refractivity contribution in [3.8, 4) is 0 Å². The number of aromatic nitrogens is 5. The molecule has 3 aromatic heterocycles. The van der Waals surface area contributed by atoms with Crippen LogP contribution in [0.2, 0.25) is 0 Å². The molecule has 6 heteroatoms. The van der Waals surface area contributed by atoms with Crippen molar-refractivity contribution in [3.63, 3.8) is 0 Å². The Hall–Kier alpha value is -2.50. The van der Waals surface area contributed by atoms with Gasteiger partial charge in [-0.05, 0) is 30.5 Å². The van der Waals surface area contributed by atoms with Crippen molar-refractivity contribution in [3.05, 3.63) is 42.5 Å². The quantitative estimate of drug-likeness (QED) is 0.801. The largest absolute Gasteiger partial charge is 0.350 e. The minimum Gasteiger partial charge on any atom is -0.350 e. The molecule has 0 spiro atoms. The minimum atomic E-state index is 0.530. The van der Waals surface area contributed by atoms with Gasteiger partial charge in [-0.25, -0.2) is 4.98 Å². The third-order valence-corrected chi connectivity index (χ3v) is 4.18. The zero-order valence-corrected chi connectivity index (χ0v) is 12.3. The average molecular weight is 294 g/mol. The molecule has 3 aromatic rings. The molecule has 22 heavy (non-hydrogen) atoms. The molecule has 1 saturated carbocycles. The van der Waals surface area contributed by atoms with E-state index in [0.717, 1.165) is 16.6 Å². The van der Waals surface area contributed by atoms with Crippen LogP contribution in [0.5, 0.6) is 0 Å². The number of hydrogen-bond acceptors (Lipinski definition) is 5. The summed E-state index contributed by atoms with van der Waals surface area (Å²) in [6.07, 6.45) is 12.5. The summed E-state index contributed by atoms with van der Waals surface area (Å²) in [7, 11) is 0. The van der Waals surface area contributed by atoms with E-state index in [9.17, 15) is 0 Å². The maximum Gasteiger partial charge on any atom is 0.225 e. The van der Waals surface area contributed by atoms with Gasteiger partial charge in [0.1, 0.15) is 0 Å². The lowest BCUT2D eigenvalue weighted by molar-refractivity contribution is 0.470. The molecule has 112 valence electrons. The molecule has 1 aliphatic rings. The summed E-state index contributed by atoms with van der Waals surface area (Å²) in [5.74, 6) is 0.612. The summed E-state index contributed by atoms with van der Waals surface area (Å²) >= 11 is 0. The van der Waals surface area contributed by atoms with Crippen molar-refractivity contribution in [2.75, 3.05) is 5.32 Å². The Labute approximate surface area is 128 Å². The molecule has 6 nitrogen and oxygen atoms in total. The summed E-state index contributed by atoms with van der Waals surface area (Å²) in [5.41, 5.74) is 1.91. The molecule has 0 aliphatic heterocycles. The number of nitrogens with zero attached hydrogens (tertiary/aromatic N) is 5. The lowest BCUT2D eigenvalue weighted by Crippen LogP contribution is -2.05. The highest BCUT2D eigenvalue weighted by atomic mass is 15.3. The monoisotopic (exact) mass is 294 g/mol. The van der Waals surface area contributed by atoms with Gasteiger partial charge in [0.25, 0.3) is 0 Å². The standard InChI is InChI=1S/C16H18N6/c1-2-4-14(3-1)22-11-13-10-19-16(20-15(13)21-22)18-9-12-5-7-17-8-6-12/h5-8,10-11,14H,1-4,9H2,(H,18,20,21). The topological polar surface area (TPSA) is 68.5 Å². The van der Waals surface area contributed by atoms with E-state index in [1.807, 2.05) is 18.3 Å². The molecular weight excluding hydrogens is 276 g/mol. The number of nitrogens with one attached hydrogen (secondary N) is 1. The van der Waals surface area contributed by atoms with Crippen LogP contribution >= 0.6 is 0 Å². The van der Waals surface area contributed by atoms with Crippen LogP contribution < -0.4 is 5.32 Å². The Morgan fingerprint density at radius 2 is 2.00 bits per heavy atom. The third kappa shape index (κ3) is 2.64. The van der Waals surface area contributed by atoms with Crippen molar-refractivity contribution in [1.29, 1.82) is 0 Å². The van der Waals surface area contributed by atoms with E-state index < -0.39 is 0 Å². The van der Waals surface area contributed by atoms with E-state index in [0.29, 0.717) is 18.5 Å². The first-order valence-corrected chi connectivity index (χ1v) is 7.73. The molecule has 0 amide bonds. The van der Waals surface area contributed by atoms with Crippen LogP contribution in [0.3, 0.4) is 0 Å². The summed E-state index contributed by atoms with van der Waals surface area (Å²) < 4.78 is 2.07. The number of fused-ring (bicyclic) bond motifs is 1. The van der Waals surface area contributed by atoms with Gasteiger partial charge in [0.2, 0.25) is 5.95 Å². The number of rotatable bonds is 4. The van der Waals surface area contributed by atoms with Gasteiger partial charge in [-0.2, -0.15) is 10.1 Å². The normalized spacial score (nSPS) is 15.5. The predicted molar refractivity (Wildman–Crippen MR) is 84.4 cm³/mol. The molecule has 0 atom stereocenters. The fourth-order valence-corrected chi connectivity index (χ4v) is 2.96. The maximum atomic E-state index is 4.63. The van der Waals surface area contributed by atoms with Crippen LogP contribution in [-0.2, 0) is 6.54 Å². The molecule has 0 saturated heterocycles. The van der Waals surface area contributed by atoms with Crippen LogP contribution in [0.15, 0.2) is 36.9 Å². The molecule has 1 N–H and O–H groups in total. The SMILES string of the molecule is c1cc(CNc2ncc3cn(C4CCCC4)nc3n2)ccn1. The summed E-state index contributed by atoms with van der Waals surface area (Å²) in [4.78, 5) is 12.9. The summed E-state index contributed by atoms with van der Waals surface area (Å²) in [5, 5.41) is 8.86. The number of anilines is 1. The predicted octanol–water partition coefficient (Wildman–Crippen LogP) is 2.95. The highest BCUT2D eigenvalue weighted by Crippen LogP contribution is 2.29. The van der Waals surface area contributed by atoms with Crippen molar-refractivity contribution in [1.82, 2.24) is 24.7 Å². The lowest BCUT2D eigenvalue weighted by Gasteiger charge is -2.07. The summed E-state index contributed by atoms with van der Waals surface area (Å²) in [6, 6.07) is 4.48. The van der Waals surface area contributed by atoms with Crippen LogP contribution in [0.4, 0.5) is 5.95 Å². The first-order valence-electron chi connectivity index (χ1n) is 7.73. The van der Waals surface area contributed by atoms with E-state index in [1.54, 1.807) is 12.4 Å². The molecule has 1 fully saturated rings. The number of pyridine rings is 1. The maximum absolute atomic E-state index is 4.63. The van der Waals surface area contributed by atoms with Gasteiger partial charge in [-0.1, -0.05) is 12.8 Å². The van der Waals surface area contributed by atoms with Crippen molar-refractivity contribution < 1.29 is 0 Å². The first-order chi connectivity index (χ1) is 10.9.